The molecule has 3 heteroatoms. The highest BCUT2D eigenvalue weighted by atomic mass is 16.4. The summed E-state index contributed by atoms with van der Waals surface area (Å²) in [5, 5.41) is 7.72. The zero-order chi connectivity index (χ0) is 9.28. The second-order valence-electron chi connectivity index (χ2n) is 2.30. The summed E-state index contributed by atoms with van der Waals surface area (Å²) in [6.07, 6.45) is 2.10. The second-order valence-corrected chi connectivity index (χ2v) is 2.30. The van der Waals surface area contributed by atoms with Gasteiger partial charge in [-0.1, -0.05) is 13.0 Å². The highest BCUT2D eigenvalue weighted by Gasteiger charge is 1.80. The van der Waals surface area contributed by atoms with Gasteiger partial charge in [0.15, 0.2) is 0 Å². The number of carbonyl (C=O) groups is 1. The molecule has 0 aliphatic heterocycles. The van der Waals surface area contributed by atoms with Crippen LogP contribution in [0.2, 0.25) is 0 Å². The van der Waals surface area contributed by atoms with Crippen LogP contribution in [0.3, 0.4) is 0 Å². The summed E-state index contributed by atoms with van der Waals surface area (Å²) >= 11 is 0. The standard InChI is InChI=1S/C5H11N.C3H6O2/c1-4-5-6(2)3;1-2-3(4)5/h4H,1,5H2,2-3H3;2H2,1H3,(H,4,5). The summed E-state index contributed by atoms with van der Waals surface area (Å²) in [7, 11) is 4.03. The molecule has 0 rings (SSSR count). The van der Waals surface area contributed by atoms with Gasteiger partial charge in [0, 0.05) is 13.0 Å². The van der Waals surface area contributed by atoms with Crippen LogP contribution in [0.5, 0.6) is 0 Å². The average Bonchev–Trinajstić information content (AvgIpc) is 1.89. The van der Waals surface area contributed by atoms with E-state index in [4.69, 9.17) is 5.11 Å². The maximum atomic E-state index is 9.37. The van der Waals surface area contributed by atoms with E-state index in [0.717, 1.165) is 6.54 Å². The Labute approximate surface area is 68.3 Å². The predicted molar refractivity (Wildman–Crippen MR) is 46.7 cm³/mol. The van der Waals surface area contributed by atoms with Crippen LogP contribution in [0.25, 0.3) is 0 Å². The number of rotatable bonds is 3. The lowest BCUT2D eigenvalue weighted by Gasteiger charge is -2.01. The van der Waals surface area contributed by atoms with E-state index in [9.17, 15) is 4.79 Å². The Morgan fingerprint density at radius 1 is 1.64 bits per heavy atom. The van der Waals surface area contributed by atoms with E-state index in [-0.39, 0.29) is 6.42 Å². The molecule has 0 amide bonds. The lowest BCUT2D eigenvalue weighted by Crippen LogP contribution is -2.09. The molecule has 0 aliphatic rings. The fourth-order valence-corrected chi connectivity index (χ4v) is 0.258. The van der Waals surface area contributed by atoms with Gasteiger partial charge >= 0.3 is 5.97 Å². The first-order chi connectivity index (χ1) is 5.04. The van der Waals surface area contributed by atoms with Crippen LogP contribution < -0.4 is 0 Å². The van der Waals surface area contributed by atoms with Gasteiger partial charge < -0.3 is 10.0 Å². The molecule has 0 fully saturated rings. The van der Waals surface area contributed by atoms with Crippen molar-refractivity contribution < 1.29 is 9.90 Å². The van der Waals surface area contributed by atoms with Gasteiger partial charge in [0.1, 0.15) is 0 Å². The molecule has 0 aromatic carbocycles. The second kappa shape index (κ2) is 9.17. The molecule has 11 heavy (non-hydrogen) atoms. The Hall–Kier alpha value is -0.830. The van der Waals surface area contributed by atoms with Gasteiger partial charge in [-0.2, -0.15) is 0 Å². The van der Waals surface area contributed by atoms with E-state index in [1.54, 1.807) is 6.92 Å². The minimum atomic E-state index is -0.745. The molecule has 0 heterocycles. The molecule has 0 bridgehead atoms. The van der Waals surface area contributed by atoms with Crippen LogP contribution in [-0.2, 0) is 4.79 Å². The van der Waals surface area contributed by atoms with Crippen molar-refractivity contribution in [2.24, 2.45) is 0 Å². The zero-order valence-corrected chi connectivity index (χ0v) is 7.50. The molecule has 0 spiro atoms. The first-order valence-electron chi connectivity index (χ1n) is 3.52. The van der Waals surface area contributed by atoms with Crippen molar-refractivity contribution >= 4 is 5.97 Å². The number of aliphatic carboxylic acids is 1. The van der Waals surface area contributed by atoms with E-state index < -0.39 is 5.97 Å². The highest BCUT2D eigenvalue weighted by molar-refractivity contribution is 5.66. The van der Waals surface area contributed by atoms with Crippen LogP contribution in [0.4, 0.5) is 0 Å². The number of carboxylic acid groups (broad SMARTS) is 1. The number of carboxylic acids is 1. The molecule has 66 valence electrons. The van der Waals surface area contributed by atoms with Crippen molar-refractivity contribution in [3.05, 3.63) is 12.7 Å². The predicted octanol–water partition coefficient (Wildman–Crippen LogP) is 1.21. The van der Waals surface area contributed by atoms with Gasteiger partial charge in [-0.25, -0.2) is 0 Å². The normalized spacial score (nSPS) is 8.36. The maximum Gasteiger partial charge on any atom is 0.303 e. The molecule has 0 radical (unpaired) electrons. The number of hydrogen-bond acceptors (Lipinski definition) is 2. The van der Waals surface area contributed by atoms with Crippen molar-refractivity contribution in [3.63, 3.8) is 0 Å². The fourth-order valence-electron chi connectivity index (χ4n) is 0.258. The topological polar surface area (TPSA) is 40.5 Å². The maximum absolute atomic E-state index is 9.37. The molecular formula is C8H17NO2. The minimum Gasteiger partial charge on any atom is -0.481 e. The van der Waals surface area contributed by atoms with Crippen molar-refractivity contribution in [1.82, 2.24) is 4.90 Å². The summed E-state index contributed by atoms with van der Waals surface area (Å²) in [5.41, 5.74) is 0. The summed E-state index contributed by atoms with van der Waals surface area (Å²) in [6.45, 7) is 6.13. The molecule has 1 N–H and O–H groups in total. The third-order valence-electron chi connectivity index (χ3n) is 0.797. The van der Waals surface area contributed by atoms with Crippen molar-refractivity contribution in [2.45, 2.75) is 13.3 Å². The minimum absolute atomic E-state index is 0.222. The Morgan fingerprint density at radius 2 is 2.00 bits per heavy atom. The van der Waals surface area contributed by atoms with Gasteiger partial charge in [0.25, 0.3) is 0 Å². The van der Waals surface area contributed by atoms with Gasteiger partial charge in [0.05, 0.1) is 0 Å². The van der Waals surface area contributed by atoms with Crippen LogP contribution in [0.15, 0.2) is 12.7 Å². The molecule has 0 saturated carbocycles. The molecule has 0 unspecified atom stereocenters. The summed E-state index contributed by atoms with van der Waals surface area (Å²) in [4.78, 5) is 11.4. The fraction of sp³-hybridized carbons (Fsp3) is 0.625. The highest BCUT2D eigenvalue weighted by Crippen LogP contribution is 1.69. The van der Waals surface area contributed by atoms with E-state index in [2.05, 4.69) is 11.5 Å². The van der Waals surface area contributed by atoms with E-state index in [0.29, 0.717) is 0 Å². The number of likely N-dealkylation sites (N-methyl/N-ethyl adjacent to an activating group) is 1. The summed E-state index contributed by atoms with van der Waals surface area (Å²) in [6, 6.07) is 0. The molecule has 0 aromatic heterocycles. The third kappa shape index (κ3) is 27.1. The quantitative estimate of drug-likeness (QED) is 0.629. The molecule has 0 aromatic rings. The largest absolute Gasteiger partial charge is 0.481 e. The first kappa shape index (κ1) is 12.8. The summed E-state index contributed by atoms with van der Waals surface area (Å²) in [5.74, 6) is -0.745. The molecule has 0 saturated heterocycles. The SMILES string of the molecule is C=CCN(C)C.CCC(=O)O. The smallest absolute Gasteiger partial charge is 0.303 e. The van der Waals surface area contributed by atoms with E-state index in [1.807, 2.05) is 20.2 Å². The van der Waals surface area contributed by atoms with Crippen molar-refractivity contribution in [2.75, 3.05) is 20.6 Å². The van der Waals surface area contributed by atoms with Crippen LogP contribution >= 0.6 is 0 Å². The van der Waals surface area contributed by atoms with E-state index >= 15 is 0 Å². The molecular weight excluding hydrogens is 142 g/mol. The monoisotopic (exact) mass is 159 g/mol. The third-order valence-corrected chi connectivity index (χ3v) is 0.797. The molecule has 3 nitrogen and oxygen atoms in total. The average molecular weight is 159 g/mol. The van der Waals surface area contributed by atoms with Gasteiger partial charge in [-0.3, -0.25) is 4.79 Å². The van der Waals surface area contributed by atoms with Crippen molar-refractivity contribution in [3.8, 4) is 0 Å². The number of hydrogen-bond donors (Lipinski definition) is 1. The van der Waals surface area contributed by atoms with Crippen LogP contribution in [0.1, 0.15) is 13.3 Å². The van der Waals surface area contributed by atoms with Crippen LogP contribution in [-0.4, -0.2) is 36.6 Å². The zero-order valence-electron chi connectivity index (χ0n) is 7.50. The Balaban J connectivity index is 0. The van der Waals surface area contributed by atoms with Gasteiger partial charge in [0.2, 0.25) is 0 Å². The Morgan fingerprint density at radius 3 is 2.00 bits per heavy atom. The lowest BCUT2D eigenvalue weighted by atomic mass is 10.5. The Kier molecular flexibility index (Phi) is 10.7. The molecule has 0 atom stereocenters. The van der Waals surface area contributed by atoms with Crippen molar-refractivity contribution in [1.29, 1.82) is 0 Å². The Bertz CT molecular complexity index is 111. The molecule has 0 aliphatic carbocycles. The van der Waals surface area contributed by atoms with Crippen LogP contribution in [0, 0.1) is 0 Å². The van der Waals surface area contributed by atoms with Gasteiger partial charge in [-0.05, 0) is 14.1 Å². The summed E-state index contributed by atoms with van der Waals surface area (Å²) < 4.78 is 0. The number of nitrogens with zero attached hydrogens (tertiary/aromatic N) is 1. The first-order valence-corrected chi connectivity index (χ1v) is 3.52. The van der Waals surface area contributed by atoms with E-state index in [1.165, 1.54) is 0 Å². The van der Waals surface area contributed by atoms with Gasteiger partial charge in [-0.15, -0.1) is 6.58 Å². The lowest BCUT2D eigenvalue weighted by molar-refractivity contribution is -0.136.